The van der Waals surface area contributed by atoms with Gasteiger partial charge in [0.1, 0.15) is 16.5 Å². The van der Waals surface area contributed by atoms with Gasteiger partial charge in [-0.15, -0.1) is 0 Å². The molecule has 1 saturated heterocycles. The second kappa shape index (κ2) is 9.14. The van der Waals surface area contributed by atoms with E-state index < -0.39 is 10.0 Å². The van der Waals surface area contributed by atoms with Crippen molar-refractivity contribution < 1.29 is 22.3 Å². The number of methoxy groups -OCH3 is 1. The summed E-state index contributed by atoms with van der Waals surface area (Å²) in [7, 11) is -0.624. The zero-order chi connectivity index (χ0) is 21.9. The molecular weight excluding hydrogens is 407 g/mol. The molecule has 0 atom stereocenters. The number of carbonyl (C=O) groups is 1. The molecule has 1 amide bonds. The molecular formula is C22H27FN2O4S. The maximum absolute atomic E-state index is 13.9. The molecule has 162 valence electrons. The van der Waals surface area contributed by atoms with E-state index in [1.165, 1.54) is 22.4 Å². The molecule has 0 unspecified atom stereocenters. The zero-order valence-corrected chi connectivity index (χ0v) is 18.3. The number of carbonyl (C=O) groups excluding carboxylic acids is 1. The normalized spacial score (nSPS) is 15.7. The number of aryl methyl sites for hydroxylation is 1. The highest BCUT2D eigenvalue weighted by Gasteiger charge is 2.34. The van der Waals surface area contributed by atoms with E-state index in [9.17, 15) is 17.6 Å². The van der Waals surface area contributed by atoms with Gasteiger partial charge < -0.3 is 9.64 Å². The highest BCUT2D eigenvalue weighted by molar-refractivity contribution is 7.89. The molecule has 2 aromatic carbocycles. The van der Waals surface area contributed by atoms with Gasteiger partial charge in [-0.25, -0.2) is 12.8 Å². The van der Waals surface area contributed by atoms with E-state index in [1.807, 2.05) is 6.92 Å². The Balaban J connectivity index is 1.66. The number of hydrogen-bond acceptors (Lipinski definition) is 4. The van der Waals surface area contributed by atoms with E-state index >= 15 is 0 Å². The lowest BCUT2D eigenvalue weighted by Gasteiger charge is -2.33. The molecule has 0 aromatic heterocycles. The predicted octanol–water partition coefficient (Wildman–Crippen LogP) is 3.20. The Morgan fingerprint density at radius 1 is 1.20 bits per heavy atom. The Labute approximate surface area is 177 Å². The minimum atomic E-state index is -3.72. The van der Waals surface area contributed by atoms with Crippen LogP contribution in [0.15, 0.2) is 47.4 Å². The molecule has 0 radical (unpaired) electrons. The van der Waals surface area contributed by atoms with Crippen LogP contribution in [0.3, 0.4) is 0 Å². The van der Waals surface area contributed by atoms with Crippen LogP contribution in [0.25, 0.3) is 0 Å². The fourth-order valence-electron chi connectivity index (χ4n) is 3.74. The third-order valence-electron chi connectivity index (χ3n) is 5.48. The SMILES string of the molecule is COc1ccc(C)cc1S(=O)(=O)N1CCC(C(=O)N(C)Cc2ccccc2F)CC1. The molecule has 0 spiro atoms. The van der Waals surface area contributed by atoms with Gasteiger partial charge in [-0.2, -0.15) is 4.31 Å². The number of halogens is 1. The highest BCUT2D eigenvalue weighted by Crippen LogP contribution is 2.31. The number of hydrogen-bond donors (Lipinski definition) is 0. The molecule has 0 aliphatic carbocycles. The zero-order valence-electron chi connectivity index (χ0n) is 17.5. The van der Waals surface area contributed by atoms with Crippen LogP contribution >= 0.6 is 0 Å². The van der Waals surface area contributed by atoms with Crippen molar-refractivity contribution >= 4 is 15.9 Å². The van der Waals surface area contributed by atoms with Gasteiger partial charge in [0, 0.05) is 38.2 Å². The van der Waals surface area contributed by atoms with Crippen molar-refractivity contribution in [3.63, 3.8) is 0 Å². The summed E-state index contributed by atoms with van der Waals surface area (Å²) in [4.78, 5) is 14.5. The van der Waals surface area contributed by atoms with Gasteiger partial charge in [0.2, 0.25) is 15.9 Å². The van der Waals surface area contributed by atoms with E-state index in [-0.39, 0.29) is 42.2 Å². The molecule has 0 bridgehead atoms. The van der Waals surface area contributed by atoms with Crippen LogP contribution in [-0.2, 0) is 21.4 Å². The summed E-state index contributed by atoms with van der Waals surface area (Å²) in [5.41, 5.74) is 1.29. The third-order valence-corrected chi connectivity index (χ3v) is 7.40. The third kappa shape index (κ3) is 4.65. The molecule has 8 heteroatoms. The van der Waals surface area contributed by atoms with Crippen molar-refractivity contribution in [2.45, 2.75) is 31.2 Å². The van der Waals surface area contributed by atoms with Crippen molar-refractivity contribution in [3.05, 3.63) is 59.4 Å². The Bertz CT molecular complexity index is 1020. The van der Waals surface area contributed by atoms with Crippen molar-refractivity contribution in [3.8, 4) is 5.75 Å². The van der Waals surface area contributed by atoms with Crippen LogP contribution in [0, 0.1) is 18.7 Å². The molecule has 2 aromatic rings. The van der Waals surface area contributed by atoms with Gasteiger partial charge in [-0.05, 0) is 43.5 Å². The molecule has 1 heterocycles. The minimum absolute atomic E-state index is 0.0940. The Morgan fingerprint density at radius 3 is 2.50 bits per heavy atom. The fraction of sp³-hybridized carbons (Fsp3) is 0.409. The van der Waals surface area contributed by atoms with Gasteiger partial charge in [0.05, 0.1) is 7.11 Å². The summed E-state index contributed by atoms with van der Waals surface area (Å²) >= 11 is 0. The van der Waals surface area contributed by atoms with E-state index in [1.54, 1.807) is 43.4 Å². The first-order chi connectivity index (χ1) is 14.2. The van der Waals surface area contributed by atoms with E-state index in [4.69, 9.17) is 4.74 Å². The van der Waals surface area contributed by atoms with Gasteiger partial charge in [0.25, 0.3) is 0 Å². The summed E-state index contributed by atoms with van der Waals surface area (Å²) in [6.45, 7) is 2.52. The molecule has 1 aliphatic rings. The van der Waals surface area contributed by atoms with Crippen LogP contribution < -0.4 is 4.74 Å². The van der Waals surface area contributed by atoms with Crippen LogP contribution in [0.5, 0.6) is 5.75 Å². The molecule has 0 N–H and O–H groups in total. The summed E-state index contributed by atoms with van der Waals surface area (Å²) in [5, 5.41) is 0. The number of amides is 1. The van der Waals surface area contributed by atoms with Gasteiger partial charge in [-0.1, -0.05) is 24.3 Å². The van der Waals surface area contributed by atoms with E-state index in [0.717, 1.165) is 5.56 Å². The van der Waals surface area contributed by atoms with E-state index in [0.29, 0.717) is 24.2 Å². The number of sulfonamides is 1. The van der Waals surface area contributed by atoms with Crippen molar-refractivity contribution in [1.82, 2.24) is 9.21 Å². The second-order valence-electron chi connectivity index (χ2n) is 7.62. The number of piperidine rings is 1. The monoisotopic (exact) mass is 434 g/mol. The minimum Gasteiger partial charge on any atom is -0.495 e. The lowest BCUT2D eigenvalue weighted by molar-refractivity contribution is -0.136. The molecule has 6 nitrogen and oxygen atoms in total. The Hall–Kier alpha value is -2.45. The Kier molecular flexibility index (Phi) is 6.77. The summed E-state index contributed by atoms with van der Waals surface area (Å²) in [5.74, 6) is -0.412. The number of nitrogens with zero attached hydrogens (tertiary/aromatic N) is 2. The Morgan fingerprint density at radius 2 is 1.87 bits per heavy atom. The summed E-state index contributed by atoms with van der Waals surface area (Å²) < 4.78 is 46.7. The number of benzene rings is 2. The smallest absolute Gasteiger partial charge is 0.246 e. The first-order valence-electron chi connectivity index (χ1n) is 9.87. The lowest BCUT2D eigenvalue weighted by Crippen LogP contribution is -2.43. The van der Waals surface area contributed by atoms with E-state index in [2.05, 4.69) is 0 Å². The lowest BCUT2D eigenvalue weighted by atomic mass is 9.96. The van der Waals surface area contributed by atoms with Crippen molar-refractivity contribution in [1.29, 1.82) is 0 Å². The molecule has 3 rings (SSSR count). The number of ether oxygens (including phenoxy) is 1. The maximum atomic E-state index is 13.9. The number of rotatable bonds is 6. The van der Waals surface area contributed by atoms with Crippen LogP contribution in [-0.4, -0.2) is 50.8 Å². The average Bonchev–Trinajstić information content (AvgIpc) is 2.74. The fourth-order valence-corrected chi connectivity index (χ4v) is 5.45. The topological polar surface area (TPSA) is 66.9 Å². The summed E-state index contributed by atoms with van der Waals surface area (Å²) in [6.07, 6.45) is 0.849. The summed E-state index contributed by atoms with van der Waals surface area (Å²) in [6, 6.07) is 11.4. The standard InChI is InChI=1S/C22H27FN2O4S/c1-16-8-9-20(29-3)21(14-16)30(27,28)25-12-10-17(11-13-25)22(26)24(2)15-18-6-4-5-7-19(18)23/h4-9,14,17H,10-13,15H2,1-3H3. The highest BCUT2D eigenvalue weighted by atomic mass is 32.2. The predicted molar refractivity (Wildman–Crippen MR) is 112 cm³/mol. The largest absolute Gasteiger partial charge is 0.495 e. The molecule has 1 aliphatic heterocycles. The van der Waals surface area contributed by atoms with Gasteiger partial charge in [-0.3, -0.25) is 4.79 Å². The quantitative estimate of drug-likeness (QED) is 0.700. The molecule has 0 saturated carbocycles. The van der Waals surface area contributed by atoms with Crippen LogP contribution in [0.4, 0.5) is 4.39 Å². The van der Waals surface area contributed by atoms with Crippen LogP contribution in [0.1, 0.15) is 24.0 Å². The van der Waals surface area contributed by atoms with Crippen molar-refractivity contribution in [2.24, 2.45) is 5.92 Å². The first-order valence-corrected chi connectivity index (χ1v) is 11.3. The molecule has 30 heavy (non-hydrogen) atoms. The van der Waals surface area contributed by atoms with Gasteiger partial charge in [0.15, 0.2) is 0 Å². The maximum Gasteiger partial charge on any atom is 0.246 e. The average molecular weight is 435 g/mol. The molecule has 1 fully saturated rings. The first kappa shape index (κ1) is 22.2. The van der Waals surface area contributed by atoms with Gasteiger partial charge >= 0.3 is 0 Å². The second-order valence-corrected chi connectivity index (χ2v) is 9.52. The van der Waals surface area contributed by atoms with Crippen LogP contribution in [0.2, 0.25) is 0 Å². The van der Waals surface area contributed by atoms with Crippen molar-refractivity contribution in [2.75, 3.05) is 27.2 Å².